The van der Waals surface area contributed by atoms with Crippen LogP contribution in [0.1, 0.15) is 35.6 Å². The van der Waals surface area contributed by atoms with E-state index in [2.05, 4.69) is 6.92 Å². The minimum absolute atomic E-state index is 0.331. The van der Waals surface area contributed by atoms with Crippen LogP contribution in [-0.2, 0) is 5.88 Å². The third kappa shape index (κ3) is 2.27. The van der Waals surface area contributed by atoms with Crippen molar-refractivity contribution < 1.29 is 9.84 Å². The van der Waals surface area contributed by atoms with Crippen LogP contribution >= 0.6 is 11.6 Å². The van der Waals surface area contributed by atoms with E-state index < -0.39 is 0 Å². The molecule has 0 aromatic heterocycles. The van der Waals surface area contributed by atoms with Crippen molar-refractivity contribution in [1.82, 2.24) is 0 Å². The third-order valence-corrected chi connectivity index (χ3v) is 3.19. The zero-order chi connectivity index (χ0) is 12.3. The first-order valence-electron chi connectivity index (χ1n) is 5.54. The molecule has 16 heavy (non-hydrogen) atoms. The van der Waals surface area contributed by atoms with Gasteiger partial charge in [0.15, 0.2) is 0 Å². The molecule has 0 unspecified atom stereocenters. The number of phenols is 1. The lowest BCUT2D eigenvalue weighted by Gasteiger charge is -2.18. The Morgan fingerprint density at radius 3 is 2.25 bits per heavy atom. The molecule has 0 radical (unpaired) electrons. The average Bonchev–Trinajstić information content (AvgIpc) is 2.29. The van der Waals surface area contributed by atoms with Gasteiger partial charge in [-0.05, 0) is 43.9 Å². The second-order valence-corrected chi connectivity index (χ2v) is 4.28. The number of aromatic hydroxyl groups is 1. The maximum atomic E-state index is 9.93. The van der Waals surface area contributed by atoms with Gasteiger partial charge in [-0.25, -0.2) is 0 Å². The summed E-state index contributed by atoms with van der Waals surface area (Å²) in [6, 6.07) is 0. The summed E-state index contributed by atoms with van der Waals surface area (Å²) in [4.78, 5) is 0. The Labute approximate surface area is 102 Å². The van der Waals surface area contributed by atoms with Crippen molar-refractivity contribution in [1.29, 1.82) is 0 Å². The molecule has 0 saturated carbocycles. The van der Waals surface area contributed by atoms with Gasteiger partial charge in [-0.1, -0.05) is 6.92 Å². The summed E-state index contributed by atoms with van der Waals surface area (Å²) in [5.41, 5.74) is 3.57. The van der Waals surface area contributed by atoms with Gasteiger partial charge >= 0.3 is 0 Å². The monoisotopic (exact) mass is 242 g/mol. The van der Waals surface area contributed by atoms with Crippen LogP contribution < -0.4 is 4.74 Å². The minimum Gasteiger partial charge on any atom is -0.507 e. The predicted molar refractivity (Wildman–Crippen MR) is 67.7 cm³/mol. The lowest BCUT2D eigenvalue weighted by molar-refractivity contribution is 0.311. The largest absolute Gasteiger partial charge is 0.507 e. The first kappa shape index (κ1) is 13.2. The van der Waals surface area contributed by atoms with Crippen molar-refractivity contribution in [2.24, 2.45) is 0 Å². The molecule has 0 bridgehead atoms. The first-order chi connectivity index (χ1) is 7.54. The maximum Gasteiger partial charge on any atom is 0.127 e. The molecule has 1 rings (SSSR count). The van der Waals surface area contributed by atoms with Crippen molar-refractivity contribution in [3.8, 4) is 11.5 Å². The van der Waals surface area contributed by atoms with Gasteiger partial charge in [0.05, 0.1) is 12.5 Å². The molecular formula is C13H19ClO2. The fourth-order valence-corrected chi connectivity index (χ4v) is 2.05. The second-order valence-electron chi connectivity index (χ2n) is 4.01. The van der Waals surface area contributed by atoms with Gasteiger partial charge in [0, 0.05) is 5.56 Å². The number of hydrogen-bond donors (Lipinski definition) is 1. The van der Waals surface area contributed by atoms with Gasteiger partial charge in [0.1, 0.15) is 11.5 Å². The van der Waals surface area contributed by atoms with Crippen molar-refractivity contribution in [2.75, 3.05) is 6.61 Å². The minimum atomic E-state index is 0.331. The molecule has 0 aliphatic carbocycles. The highest BCUT2D eigenvalue weighted by Crippen LogP contribution is 2.37. The topological polar surface area (TPSA) is 29.5 Å². The summed E-state index contributed by atoms with van der Waals surface area (Å²) in [5.74, 6) is 1.53. The highest BCUT2D eigenvalue weighted by molar-refractivity contribution is 6.17. The Morgan fingerprint density at radius 1 is 1.12 bits per heavy atom. The van der Waals surface area contributed by atoms with E-state index in [1.807, 2.05) is 20.8 Å². The molecule has 1 aromatic rings. The van der Waals surface area contributed by atoms with Crippen LogP contribution in [0.15, 0.2) is 0 Å². The molecule has 0 spiro atoms. The first-order valence-corrected chi connectivity index (χ1v) is 6.08. The molecule has 3 heteroatoms. The molecule has 0 aliphatic rings. The van der Waals surface area contributed by atoms with Crippen LogP contribution in [0.4, 0.5) is 0 Å². The van der Waals surface area contributed by atoms with Crippen LogP contribution in [0.3, 0.4) is 0 Å². The number of ether oxygens (including phenoxy) is 1. The lowest BCUT2D eigenvalue weighted by Crippen LogP contribution is -2.04. The molecule has 0 aliphatic heterocycles. The van der Waals surface area contributed by atoms with E-state index in [0.29, 0.717) is 18.2 Å². The maximum absolute atomic E-state index is 9.93. The van der Waals surface area contributed by atoms with E-state index in [1.54, 1.807) is 0 Å². The van der Waals surface area contributed by atoms with Gasteiger partial charge in [0.2, 0.25) is 0 Å². The van der Waals surface area contributed by atoms with E-state index in [4.69, 9.17) is 16.3 Å². The number of hydrogen-bond acceptors (Lipinski definition) is 2. The lowest BCUT2D eigenvalue weighted by atomic mass is 9.98. The quantitative estimate of drug-likeness (QED) is 0.813. The van der Waals surface area contributed by atoms with Crippen LogP contribution in [0.2, 0.25) is 0 Å². The SMILES string of the molecule is CCCOc1c(C)c(C)c(O)c(C)c1CCl. The molecule has 1 aromatic carbocycles. The Kier molecular flexibility index (Phi) is 4.48. The number of rotatable bonds is 4. The molecule has 0 saturated heterocycles. The van der Waals surface area contributed by atoms with E-state index in [9.17, 15) is 5.11 Å². The van der Waals surface area contributed by atoms with Crippen LogP contribution in [-0.4, -0.2) is 11.7 Å². The zero-order valence-electron chi connectivity index (χ0n) is 10.4. The Hall–Kier alpha value is -0.890. The Morgan fingerprint density at radius 2 is 1.75 bits per heavy atom. The summed E-state index contributed by atoms with van der Waals surface area (Å²) < 4.78 is 5.73. The van der Waals surface area contributed by atoms with E-state index in [-0.39, 0.29) is 0 Å². The molecule has 0 fully saturated rings. The van der Waals surface area contributed by atoms with Crippen molar-refractivity contribution in [3.63, 3.8) is 0 Å². The molecule has 2 nitrogen and oxygen atoms in total. The fourth-order valence-electron chi connectivity index (χ4n) is 1.73. The summed E-state index contributed by atoms with van der Waals surface area (Å²) in [6.45, 7) is 8.46. The molecule has 1 N–H and O–H groups in total. The molecule has 0 heterocycles. The third-order valence-electron chi connectivity index (χ3n) is 2.92. The van der Waals surface area contributed by atoms with Crippen molar-refractivity contribution in [2.45, 2.75) is 40.0 Å². The van der Waals surface area contributed by atoms with E-state index >= 15 is 0 Å². The molecule has 0 amide bonds. The number of alkyl halides is 1. The average molecular weight is 243 g/mol. The number of phenolic OH excluding ortho intramolecular Hbond substituents is 1. The smallest absolute Gasteiger partial charge is 0.127 e. The summed E-state index contributed by atoms with van der Waals surface area (Å²) >= 11 is 5.92. The van der Waals surface area contributed by atoms with Gasteiger partial charge in [0.25, 0.3) is 0 Å². The highest BCUT2D eigenvalue weighted by Gasteiger charge is 2.17. The second kappa shape index (κ2) is 5.44. The van der Waals surface area contributed by atoms with Gasteiger partial charge in [-0.3, -0.25) is 0 Å². The normalized spacial score (nSPS) is 10.6. The molecular weight excluding hydrogens is 224 g/mol. The van der Waals surface area contributed by atoms with Crippen molar-refractivity contribution >= 4 is 11.6 Å². The van der Waals surface area contributed by atoms with Crippen LogP contribution in [0.25, 0.3) is 0 Å². The highest BCUT2D eigenvalue weighted by atomic mass is 35.5. The van der Waals surface area contributed by atoms with Gasteiger partial charge in [-0.2, -0.15) is 0 Å². The Balaban J connectivity index is 3.33. The number of benzene rings is 1. The number of halogens is 1. The van der Waals surface area contributed by atoms with Crippen LogP contribution in [0, 0.1) is 20.8 Å². The van der Waals surface area contributed by atoms with Gasteiger partial charge < -0.3 is 9.84 Å². The summed E-state index contributed by atoms with van der Waals surface area (Å²) in [7, 11) is 0. The fraction of sp³-hybridized carbons (Fsp3) is 0.538. The standard InChI is InChI=1S/C13H19ClO2/c1-5-6-16-13-9(3)8(2)12(15)10(4)11(13)7-14/h15H,5-7H2,1-4H3. The molecule has 90 valence electrons. The van der Waals surface area contributed by atoms with Gasteiger partial charge in [-0.15, -0.1) is 11.6 Å². The van der Waals surface area contributed by atoms with Crippen molar-refractivity contribution in [3.05, 3.63) is 22.3 Å². The summed E-state index contributed by atoms with van der Waals surface area (Å²) in [6.07, 6.45) is 0.958. The zero-order valence-corrected chi connectivity index (χ0v) is 11.1. The van der Waals surface area contributed by atoms with E-state index in [0.717, 1.165) is 34.4 Å². The molecule has 0 atom stereocenters. The van der Waals surface area contributed by atoms with Crippen LogP contribution in [0.5, 0.6) is 11.5 Å². The predicted octanol–water partition coefficient (Wildman–Crippen LogP) is 3.85. The Bertz CT molecular complexity index is 386. The summed E-state index contributed by atoms with van der Waals surface area (Å²) in [5, 5.41) is 9.93. The van der Waals surface area contributed by atoms with E-state index in [1.165, 1.54) is 0 Å².